The van der Waals surface area contributed by atoms with Crippen LogP contribution in [0.3, 0.4) is 0 Å². The van der Waals surface area contributed by atoms with Crippen LogP contribution in [0.4, 0.5) is 0 Å². The fourth-order valence-corrected chi connectivity index (χ4v) is 0.918. The predicted molar refractivity (Wildman–Crippen MR) is 31.3 cm³/mol. The Morgan fingerprint density at radius 2 is 2.67 bits per heavy atom. The Bertz CT molecular complexity index is 116. The van der Waals surface area contributed by atoms with Crippen molar-refractivity contribution in [1.82, 2.24) is 5.32 Å². The minimum atomic E-state index is 0.0945. The van der Waals surface area contributed by atoms with Gasteiger partial charge < -0.3 is 10.2 Å². The number of carbonyl (C=O) groups excluding carboxylic acids is 1. The fraction of sp³-hybridized carbons (Fsp3) is 0.800. The van der Waals surface area contributed by atoms with Crippen LogP contribution in [0.25, 0.3) is 0 Å². The minimum Gasteiger partial charge on any atom is -0.351 e. The molecule has 3 N–H and O–H groups in total. The molecule has 1 fully saturated rings. The molecule has 0 bridgehead atoms. The maximum Gasteiger partial charge on any atom is 0.220 e. The van der Waals surface area contributed by atoms with Crippen LogP contribution in [0.5, 0.6) is 0 Å². The smallest absolute Gasteiger partial charge is 0.220 e. The predicted octanol–water partition coefficient (Wildman–Crippen LogP) is -0.845. The monoisotopic (exact) mass is 130 g/mol. The third kappa shape index (κ3) is 1.65. The van der Waals surface area contributed by atoms with Crippen molar-refractivity contribution in [3.63, 3.8) is 0 Å². The van der Waals surface area contributed by atoms with Crippen molar-refractivity contribution in [2.24, 2.45) is 5.90 Å². The maximum atomic E-state index is 10.5. The van der Waals surface area contributed by atoms with Crippen LogP contribution in [0.15, 0.2) is 0 Å². The van der Waals surface area contributed by atoms with Gasteiger partial charge in [0.05, 0.1) is 12.6 Å². The summed E-state index contributed by atoms with van der Waals surface area (Å²) in [5.41, 5.74) is 0. The van der Waals surface area contributed by atoms with Gasteiger partial charge in [-0.2, -0.15) is 0 Å². The summed E-state index contributed by atoms with van der Waals surface area (Å²) < 4.78 is 0. The molecule has 1 atom stereocenters. The Kier molecular flexibility index (Phi) is 2.02. The highest BCUT2D eigenvalue weighted by molar-refractivity contribution is 5.78. The Labute approximate surface area is 53.3 Å². The molecule has 0 unspecified atom stereocenters. The third-order valence-corrected chi connectivity index (χ3v) is 1.38. The van der Waals surface area contributed by atoms with Crippen LogP contribution in [-0.2, 0) is 9.63 Å². The first-order valence-electron chi connectivity index (χ1n) is 2.94. The van der Waals surface area contributed by atoms with Gasteiger partial charge in [-0.3, -0.25) is 4.79 Å². The molecule has 1 aliphatic rings. The highest BCUT2D eigenvalue weighted by atomic mass is 16.6. The van der Waals surface area contributed by atoms with Gasteiger partial charge in [0.25, 0.3) is 0 Å². The summed E-state index contributed by atoms with van der Waals surface area (Å²) in [5, 5.41) is 2.71. The number of hydrogen-bond donors (Lipinski definition) is 2. The minimum absolute atomic E-state index is 0.0945. The van der Waals surface area contributed by atoms with E-state index < -0.39 is 0 Å². The molecule has 0 aromatic carbocycles. The topological polar surface area (TPSA) is 64.3 Å². The summed E-state index contributed by atoms with van der Waals surface area (Å²) in [6.07, 6.45) is 1.45. The van der Waals surface area contributed by atoms with Gasteiger partial charge in [-0.15, -0.1) is 0 Å². The van der Waals surface area contributed by atoms with E-state index in [2.05, 4.69) is 10.2 Å². The van der Waals surface area contributed by atoms with Crippen LogP contribution in [-0.4, -0.2) is 18.6 Å². The lowest BCUT2D eigenvalue weighted by atomic mass is 10.2. The van der Waals surface area contributed by atoms with E-state index >= 15 is 0 Å². The molecule has 1 heterocycles. The second kappa shape index (κ2) is 2.80. The number of rotatable bonds is 2. The summed E-state index contributed by atoms with van der Waals surface area (Å²) in [6, 6.07) is 0.141. The van der Waals surface area contributed by atoms with Crippen molar-refractivity contribution in [2.45, 2.75) is 18.9 Å². The van der Waals surface area contributed by atoms with Crippen molar-refractivity contribution >= 4 is 5.91 Å². The van der Waals surface area contributed by atoms with E-state index in [1.165, 1.54) is 0 Å². The standard InChI is InChI=1S/C5H10N2O2/c6-9-3-4-1-2-5(8)7-4/h4H,1-3,6H2,(H,7,8)/t4-/m0/s1. The number of carbonyl (C=O) groups is 1. The Morgan fingerprint density at radius 1 is 1.89 bits per heavy atom. The van der Waals surface area contributed by atoms with E-state index in [1.807, 2.05) is 0 Å². The molecule has 0 spiro atoms. The number of hydrogen-bond acceptors (Lipinski definition) is 3. The molecule has 52 valence electrons. The maximum absolute atomic E-state index is 10.5. The molecule has 1 rings (SSSR count). The van der Waals surface area contributed by atoms with E-state index in [0.717, 1.165) is 6.42 Å². The lowest BCUT2D eigenvalue weighted by molar-refractivity contribution is -0.119. The van der Waals surface area contributed by atoms with Crippen LogP contribution in [0.2, 0.25) is 0 Å². The Morgan fingerprint density at radius 3 is 3.11 bits per heavy atom. The summed E-state index contributed by atoms with van der Waals surface area (Å²) in [7, 11) is 0. The first-order chi connectivity index (χ1) is 4.33. The van der Waals surface area contributed by atoms with Crippen molar-refractivity contribution < 1.29 is 9.63 Å². The van der Waals surface area contributed by atoms with E-state index in [1.54, 1.807) is 0 Å². The lowest BCUT2D eigenvalue weighted by Crippen LogP contribution is -2.30. The molecule has 0 aromatic rings. The van der Waals surface area contributed by atoms with Crippen LogP contribution >= 0.6 is 0 Å². The van der Waals surface area contributed by atoms with Crippen LogP contribution in [0, 0.1) is 0 Å². The van der Waals surface area contributed by atoms with Gasteiger partial charge in [-0.1, -0.05) is 0 Å². The first kappa shape index (κ1) is 6.51. The molecular weight excluding hydrogens is 120 g/mol. The van der Waals surface area contributed by atoms with E-state index in [4.69, 9.17) is 5.90 Å². The molecular formula is C5H10N2O2. The number of nitrogens with two attached hydrogens (primary N) is 1. The fourth-order valence-electron chi connectivity index (χ4n) is 0.918. The van der Waals surface area contributed by atoms with Gasteiger partial charge in [-0.05, 0) is 6.42 Å². The quantitative estimate of drug-likeness (QED) is 0.479. The first-order valence-corrected chi connectivity index (χ1v) is 2.94. The second-order valence-electron chi connectivity index (χ2n) is 2.14. The van der Waals surface area contributed by atoms with Crippen molar-refractivity contribution in [3.8, 4) is 0 Å². The average molecular weight is 130 g/mol. The highest BCUT2D eigenvalue weighted by Gasteiger charge is 2.19. The summed E-state index contributed by atoms with van der Waals surface area (Å²) >= 11 is 0. The van der Waals surface area contributed by atoms with Gasteiger partial charge in [0, 0.05) is 6.42 Å². The SMILES string of the molecule is NOC[C@@H]1CCC(=O)N1. The van der Waals surface area contributed by atoms with Crippen molar-refractivity contribution in [2.75, 3.05) is 6.61 Å². The molecule has 0 radical (unpaired) electrons. The molecule has 9 heavy (non-hydrogen) atoms. The van der Waals surface area contributed by atoms with E-state index in [-0.39, 0.29) is 11.9 Å². The van der Waals surface area contributed by atoms with Gasteiger partial charge in [0.1, 0.15) is 0 Å². The van der Waals surface area contributed by atoms with Gasteiger partial charge in [-0.25, -0.2) is 5.90 Å². The Hall–Kier alpha value is -0.610. The summed E-state index contributed by atoms with van der Waals surface area (Å²) in [6.45, 7) is 0.422. The molecule has 4 heteroatoms. The molecule has 1 saturated heterocycles. The molecule has 1 aliphatic heterocycles. The average Bonchev–Trinajstić information content (AvgIpc) is 2.17. The molecule has 0 saturated carbocycles. The van der Waals surface area contributed by atoms with E-state index in [0.29, 0.717) is 13.0 Å². The lowest BCUT2D eigenvalue weighted by Gasteiger charge is -2.05. The number of nitrogens with one attached hydrogen (secondary N) is 1. The van der Waals surface area contributed by atoms with Gasteiger partial charge in [0.15, 0.2) is 0 Å². The summed E-state index contributed by atoms with van der Waals surface area (Å²) in [5.74, 6) is 4.90. The normalized spacial score (nSPS) is 26.3. The number of amides is 1. The zero-order valence-corrected chi connectivity index (χ0v) is 5.09. The highest BCUT2D eigenvalue weighted by Crippen LogP contribution is 2.05. The summed E-state index contributed by atoms with van der Waals surface area (Å²) in [4.78, 5) is 14.9. The third-order valence-electron chi connectivity index (χ3n) is 1.38. The van der Waals surface area contributed by atoms with Crippen LogP contribution in [0.1, 0.15) is 12.8 Å². The molecule has 1 amide bonds. The van der Waals surface area contributed by atoms with Gasteiger partial charge >= 0.3 is 0 Å². The van der Waals surface area contributed by atoms with E-state index in [9.17, 15) is 4.79 Å². The second-order valence-corrected chi connectivity index (χ2v) is 2.14. The molecule has 4 nitrogen and oxygen atoms in total. The largest absolute Gasteiger partial charge is 0.351 e. The van der Waals surface area contributed by atoms with Crippen LogP contribution < -0.4 is 11.2 Å². The molecule has 0 aromatic heterocycles. The van der Waals surface area contributed by atoms with Crippen molar-refractivity contribution in [1.29, 1.82) is 0 Å². The Balaban J connectivity index is 2.22. The molecule has 0 aliphatic carbocycles. The zero-order chi connectivity index (χ0) is 6.69. The van der Waals surface area contributed by atoms with Gasteiger partial charge in [0.2, 0.25) is 5.91 Å². The zero-order valence-electron chi connectivity index (χ0n) is 5.09. The van der Waals surface area contributed by atoms with Crippen molar-refractivity contribution in [3.05, 3.63) is 0 Å².